The van der Waals surface area contributed by atoms with Gasteiger partial charge in [-0.25, -0.2) is 0 Å². The highest BCUT2D eigenvalue weighted by Gasteiger charge is 2.39. The average Bonchev–Trinajstić information content (AvgIpc) is 2.94. The van der Waals surface area contributed by atoms with Crippen LogP contribution in [0.4, 0.5) is 13.2 Å². The molecule has 0 spiro atoms. The molecule has 1 fully saturated rings. The summed E-state index contributed by atoms with van der Waals surface area (Å²) in [5, 5.41) is 0. The van der Waals surface area contributed by atoms with Crippen molar-refractivity contribution < 1.29 is 22.7 Å². The van der Waals surface area contributed by atoms with E-state index in [1.807, 2.05) is 0 Å². The van der Waals surface area contributed by atoms with Crippen LogP contribution in [0.5, 0.6) is 0 Å². The number of hydrogen-bond acceptors (Lipinski definition) is 2. The van der Waals surface area contributed by atoms with Crippen molar-refractivity contribution in [3.8, 4) is 0 Å². The number of rotatable bonds is 3. The Morgan fingerprint density at radius 3 is 2.67 bits per heavy atom. The van der Waals surface area contributed by atoms with Crippen LogP contribution in [-0.2, 0) is 15.7 Å². The third kappa shape index (κ3) is 3.20. The highest BCUT2D eigenvalue weighted by molar-refractivity contribution is 5.81. The lowest BCUT2D eigenvalue weighted by Gasteiger charge is -2.29. The van der Waals surface area contributed by atoms with Crippen molar-refractivity contribution in [2.45, 2.75) is 38.1 Å². The number of ether oxygens (including phenoxy) is 1. The maximum absolute atomic E-state index is 13.1. The first kappa shape index (κ1) is 15.8. The number of carbonyl (C=O) groups excluding carboxylic acids is 1. The third-order valence-electron chi connectivity index (χ3n) is 3.86. The molecule has 1 aliphatic rings. The smallest absolute Gasteiger partial charge is 0.372 e. The van der Waals surface area contributed by atoms with Gasteiger partial charge in [-0.2, -0.15) is 13.2 Å². The lowest BCUT2D eigenvalue weighted by Crippen LogP contribution is -2.38. The molecule has 0 N–H and O–H groups in total. The Labute approximate surface area is 121 Å². The van der Waals surface area contributed by atoms with Crippen LogP contribution >= 0.6 is 0 Å². The average molecular weight is 301 g/mol. The van der Waals surface area contributed by atoms with Crippen LogP contribution < -0.4 is 0 Å². The normalized spacial score (nSPS) is 20.6. The predicted molar refractivity (Wildman–Crippen MR) is 71.6 cm³/mol. The van der Waals surface area contributed by atoms with E-state index in [0.29, 0.717) is 19.4 Å². The second kappa shape index (κ2) is 6.05. The van der Waals surface area contributed by atoms with Crippen molar-refractivity contribution in [2.75, 3.05) is 13.7 Å². The molecule has 1 aromatic carbocycles. The molecular weight excluding hydrogens is 283 g/mol. The lowest BCUT2D eigenvalue weighted by atomic mass is 9.98. The summed E-state index contributed by atoms with van der Waals surface area (Å²) in [5.41, 5.74) is -0.501. The van der Waals surface area contributed by atoms with E-state index in [1.165, 1.54) is 24.1 Å². The molecule has 1 saturated heterocycles. The molecule has 2 atom stereocenters. The summed E-state index contributed by atoms with van der Waals surface area (Å²) in [6.07, 6.45) is -3.83. The molecule has 0 aliphatic carbocycles. The lowest BCUT2D eigenvalue weighted by molar-refractivity contribution is -0.144. The van der Waals surface area contributed by atoms with E-state index in [2.05, 4.69) is 0 Å². The zero-order valence-corrected chi connectivity index (χ0v) is 12.0. The number of nitrogens with zero attached hydrogens (tertiary/aromatic N) is 1. The van der Waals surface area contributed by atoms with Gasteiger partial charge in [0.2, 0.25) is 0 Å². The molecule has 0 radical (unpaired) electrons. The number of amides is 1. The molecule has 6 heteroatoms. The van der Waals surface area contributed by atoms with Crippen molar-refractivity contribution in [1.29, 1.82) is 0 Å². The van der Waals surface area contributed by atoms with E-state index in [0.717, 1.165) is 6.07 Å². The molecule has 1 amide bonds. The minimum Gasteiger partial charge on any atom is -0.372 e. The minimum atomic E-state index is -4.42. The number of hydrogen-bond donors (Lipinski definition) is 0. The van der Waals surface area contributed by atoms with Crippen molar-refractivity contribution >= 4 is 5.91 Å². The van der Waals surface area contributed by atoms with Gasteiger partial charge in [0.15, 0.2) is 0 Å². The molecule has 116 valence electrons. The molecule has 2 rings (SSSR count). The highest BCUT2D eigenvalue weighted by atomic mass is 19.4. The molecule has 3 nitrogen and oxygen atoms in total. The van der Waals surface area contributed by atoms with Crippen molar-refractivity contribution in [3.63, 3.8) is 0 Å². The first-order valence-corrected chi connectivity index (χ1v) is 6.85. The van der Waals surface area contributed by atoms with Gasteiger partial charge < -0.3 is 9.64 Å². The van der Waals surface area contributed by atoms with Crippen LogP contribution in [0, 0.1) is 0 Å². The van der Waals surface area contributed by atoms with Crippen LogP contribution in [0.1, 0.15) is 36.9 Å². The molecule has 0 aromatic heterocycles. The molecule has 1 heterocycles. The van der Waals surface area contributed by atoms with Crippen LogP contribution in [0.3, 0.4) is 0 Å². The van der Waals surface area contributed by atoms with E-state index in [4.69, 9.17) is 4.74 Å². The summed E-state index contributed by atoms with van der Waals surface area (Å²) in [6.45, 7) is 2.07. The number of methoxy groups -OCH3 is 1. The summed E-state index contributed by atoms with van der Waals surface area (Å²) < 4.78 is 44.4. The number of halogens is 3. The van der Waals surface area contributed by atoms with Gasteiger partial charge in [-0.05, 0) is 31.4 Å². The maximum Gasteiger partial charge on any atom is 0.416 e. The van der Waals surface area contributed by atoms with Crippen molar-refractivity contribution in [2.24, 2.45) is 0 Å². The molecular formula is C15H18F3NO2. The molecule has 21 heavy (non-hydrogen) atoms. The van der Waals surface area contributed by atoms with Gasteiger partial charge in [-0.3, -0.25) is 4.79 Å². The van der Waals surface area contributed by atoms with Crippen LogP contribution in [0.15, 0.2) is 24.3 Å². The highest BCUT2D eigenvalue weighted by Crippen LogP contribution is 2.40. The first-order valence-electron chi connectivity index (χ1n) is 6.85. The minimum absolute atomic E-state index is 0.166. The van der Waals surface area contributed by atoms with E-state index < -0.39 is 23.9 Å². The van der Waals surface area contributed by atoms with Crippen molar-refractivity contribution in [1.82, 2.24) is 4.90 Å². The van der Waals surface area contributed by atoms with E-state index >= 15 is 0 Å². The summed E-state index contributed by atoms with van der Waals surface area (Å²) in [4.78, 5) is 13.7. The standard InChI is InChI=1S/C15H18F3NO2/c1-10(21-2)14(20)19-9-5-8-13(19)11-6-3-4-7-12(11)15(16,17)18/h3-4,6-7,10,13H,5,8-9H2,1-2H3. The Bertz CT molecular complexity index is 516. The Kier molecular flexibility index (Phi) is 4.56. The second-order valence-electron chi connectivity index (χ2n) is 5.15. The third-order valence-corrected chi connectivity index (χ3v) is 3.86. The van der Waals surface area contributed by atoms with Gasteiger partial charge in [0.1, 0.15) is 6.10 Å². The number of carbonyl (C=O) groups is 1. The van der Waals surface area contributed by atoms with E-state index in [1.54, 1.807) is 13.0 Å². The zero-order valence-electron chi connectivity index (χ0n) is 12.0. The van der Waals surface area contributed by atoms with Crippen LogP contribution in [-0.4, -0.2) is 30.6 Å². The SMILES string of the molecule is COC(C)C(=O)N1CCCC1c1ccccc1C(F)(F)F. The molecule has 0 saturated carbocycles. The summed E-state index contributed by atoms with van der Waals surface area (Å²) in [5.74, 6) is -0.267. The molecule has 1 aromatic rings. The Morgan fingerprint density at radius 1 is 1.38 bits per heavy atom. The zero-order chi connectivity index (χ0) is 15.6. The van der Waals surface area contributed by atoms with Gasteiger partial charge in [0, 0.05) is 13.7 Å². The molecule has 2 unspecified atom stereocenters. The summed E-state index contributed by atoms with van der Waals surface area (Å²) in [6, 6.07) is 4.93. The Morgan fingerprint density at radius 2 is 2.05 bits per heavy atom. The number of benzene rings is 1. The number of alkyl halides is 3. The van der Waals surface area contributed by atoms with Crippen LogP contribution in [0.2, 0.25) is 0 Å². The summed E-state index contributed by atoms with van der Waals surface area (Å²) in [7, 11) is 1.41. The summed E-state index contributed by atoms with van der Waals surface area (Å²) >= 11 is 0. The quantitative estimate of drug-likeness (QED) is 0.856. The van der Waals surface area contributed by atoms with Gasteiger partial charge in [-0.1, -0.05) is 18.2 Å². The molecule has 0 bridgehead atoms. The van der Waals surface area contributed by atoms with Gasteiger partial charge in [0.05, 0.1) is 11.6 Å². The number of likely N-dealkylation sites (tertiary alicyclic amines) is 1. The fourth-order valence-electron chi connectivity index (χ4n) is 2.73. The van der Waals surface area contributed by atoms with Gasteiger partial charge in [-0.15, -0.1) is 0 Å². The Hall–Kier alpha value is -1.56. The van der Waals surface area contributed by atoms with Crippen molar-refractivity contribution in [3.05, 3.63) is 35.4 Å². The largest absolute Gasteiger partial charge is 0.416 e. The van der Waals surface area contributed by atoms with E-state index in [-0.39, 0.29) is 11.5 Å². The van der Waals surface area contributed by atoms with Gasteiger partial charge in [0.25, 0.3) is 5.91 Å². The monoisotopic (exact) mass is 301 g/mol. The molecule has 1 aliphatic heterocycles. The second-order valence-corrected chi connectivity index (χ2v) is 5.15. The maximum atomic E-state index is 13.1. The topological polar surface area (TPSA) is 29.5 Å². The van der Waals surface area contributed by atoms with E-state index in [9.17, 15) is 18.0 Å². The predicted octanol–water partition coefficient (Wildman–Crippen LogP) is 3.40. The van der Waals surface area contributed by atoms with Gasteiger partial charge >= 0.3 is 6.18 Å². The Balaban J connectivity index is 2.35. The van der Waals surface area contributed by atoms with Crippen LogP contribution in [0.25, 0.3) is 0 Å². The fraction of sp³-hybridized carbons (Fsp3) is 0.533. The fourth-order valence-corrected chi connectivity index (χ4v) is 2.73. The first-order chi connectivity index (χ1) is 9.86.